The smallest absolute Gasteiger partial charge is 0.226 e. The van der Waals surface area contributed by atoms with Crippen molar-refractivity contribution in [1.82, 2.24) is 4.90 Å². The molecule has 4 unspecified atom stereocenters. The predicted octanol–water partition coefficient (Wildman–Crippen LogP) is 2.40. The van der Waals surface area contributed by atoms with Crippen LogP contribution in [0.3, 0.4) is 0 Å². The standard InChI is InChI=1S/C14H28N2O/c1-5-10(3)16(6-2)14(17)12-8-7-9-13(15)11(12)4/h10-13H,5-9,15H2,1-4H3. The van der Waals surface area contributed by atoms with E-state index < -0.39 is 0 Å². The molecule has 0 saturated heterocycles. The van der Waals surface area contributed by atoms with E-state index in [2.05, 4.69) is 27.7 Å². The lowest BCUT2D eigenvalue weighted by Crippen LogP contribution is -2.48. The fourth-order valence-corrected chi connectivity index (χ4v) is 2.86. The molecule has 1 aliphatic rings. The monoisotopic (exact) mass is 240 g/mol. The summed E-state index contributed by atoms with van der Waals surface area (Å²) >= 11 is 0. The van der Waals surface area contributed by atoms with Crippen molar-refractivity contribution in [2.45, 2.75) is 65.5 Å². The molecule has 1 rings (SSSR count). The SMILES string of the molecule is CCC(C)N(CC)C(=O)C1CCCC(N)C1C. The number of carbonyl (C=O) groups is 1. The minimum Gasteiger partial charge on any atom is -0.340 e. The van der Waals surface area contributed by atoms with Gasteiger partial charge in [0.15, 0.2) is 0 Å². The molecular formula is C14H28N2O. The van der Waals surface area contributed by atoms with E-state index in [9.17, 15) is 4.79 Å². The summed E-state index contributed by atoms with van der Waals surface area (Å²) in [5.74, 6) is 0.798. The Balaban J connectivity index is 2.72. The second kappa shape index (κ2) is 6.39. The van der Waals surface area contributed by atoms with Gasteiger partial charge in [0.2, 0.25) is 5.91 Å². The summed E-state index contributed by atoms with van der Waals surface area (Å²) in [6, 6.07) is 0.547. The lowest BCUT2D eigenvalue weighted by Gasteiger charge is -2.38. The van der Waals surface area contributed by atoms with Crippen molar-refractivity contribution in [3.8, 4) is 0 Å². The van der Waals surface area contributed by atoms with Crippen LogP contribution in [0.15, 0.2) is 0 Å². The third kappa shape index (κ3) is 3.21. The van der Waals surface area contributed by atoms with Gasteiger partial charge < -0.3 is 10.6 Å². The minimum absolute atomic E-state index is 0.146. The molecule has 0 radical (unpaired) electrons. The van der Waals surface area contributed by atoms with Crippen LogP contribution in [0.1, 0.15) is 53.4 Å². The molecular weight excluding hydrogens is 212 g/mol. The summed E-state index contributed by atoms with van der Waals surface area (Å²) in [4.78, 5) is 14.6. The molecule has 0 heterocycles. The van der Waals surface area contributed by atoms with Crippen LogP contribution in [0.2, 0.25) is 0 Å². The number of nitrogens with zero attached hydrogens (tertiary/aromatic N) is 1. The van der Waals surface area contributed by atoms with Crippen LogP contribution in [-0.2, 0) is 4.79 Å². The largest absolute Gasteiger partial charge is 0.340 e. The van der Waals surface area contributed by atoms with Crippen LogP contribution < -0.4 is 5.73 Å². The molecule has 0 aliphatic heterocycles. The van der Waals surface area contributed by atoms with Crippen LogP contribution in [-0.4, -0.2) is 29.4 Å². The van der Waals surface area contributed by atoms with E-state index in [0.29, 0.717) is 17.9 Å². The second-order valence-corrected chi connectivity index (χ2v) is 5.44. The van der Waals surface area contributed by atoms with Gasteiger partial charge in [0, 0.05) is 24.5 Å². The second-order valence-electron chi connectivity index (χ2n) is 5.44. The number of hydrogen-bond acceptors (Lipinski definition) is 2. The first kappa shape index (κ1) is 14.5. The van der Waals surface area contributed by atoms with Crippen molar-refractivity contribution >= 4 is 5.91 Å². The Morgan fingerprint density at radius 3 is 2.59 bits per heavy atom. The van der Waals surface area contributed by atoms with E-state index in [-0.39, 0.29) is 12.0 Å². The molecule has 4 atom stereocenters. The maximum atomic E-state index is 12.6. The summed E-state index contributed by atoms with van der Waals surface area (Å²) in [5.41, 5.74) is 6.09. The van der Waals surface area contributed by atoms with Crippen molar-refractivity contribution in [3.63, 3.8) is 0 Å². The third-order valence-electron chi connectivity index (χ3n) is 4.43. The topological polar surface area (TPSA) is 46.3 Å². The molecule has 0 aromatic carbocycles. The molecule has 1 aliphatic carbocycles. The van der Waals surface area contributed by atoms with Crippen LogP contribution >= 0.6 is 0 Å². The highest BCUT2D eigenvalue weighted by molar-refractivity contribution is 5.79. The van der Waals surface area contributed by atoms with Crippen molar-refractivity contribution in [3.05, 3.63) is 0 Å². The number of hydrogen-bond donors (Lipinski definition) is 1. The van der Waals surface area contributed by atoms with Gasteiger partial charge in [-0.3, -0.25) is 4.79 Å². The lowest BCUT2D eigenvalue weighted by atomic mass is 9.76. The minimum atomic E-state index is 0.146. The first-order valence-electron chi connectivity index (χ1n) is 7.08. The Bertz CT molecular complexity index is 255. The van der Waals surface area contributed by atoms with Crippen LogP contribution in [0, 0.1) is 11.8 Å². The molecule has 2 N–H and O–H groups in total. The Morgan fingerprint density at radius 1 is 1.41 bits per heavy atom. The molecule has 0 spiro atoms. The highest BCUT2D eigenvalue weighted by Crippen LogP contribution is 2.31. The molecule has 3 heteroatoms. The molecule has 0 bridgehead atoms. The average Bonchev–Trinajstić information content (AvgIpc) is 2.33. The van der Waals surface area contributed by atoms with Gasteiger partial charge in [-0.15, -0.1) is 0 Å². The van der Waals surface area contributed by atoms with E-state index in [0.717, 1.165) is 32.2 Å². The normalized spacial score (nSPS) is 31.0. The maximum absolute atomic E-state index is 12.6. The first-order valence-corrected chi connectivity index (χ1v) is 7.08. The molecule has 0 aromatic heterocycles. The fourth-order valence-electron chi connectivity index (χ4n) is 2.86. The zero-order valence-electron chi connectivity index (χ0n) is 11.8. The molecule has 1 fully saturated rings. The Labute approximate surface area is 106 Å². The summed E-state index contributed by atoms with van der Waals surface area (Å²) < 4.78 is 0. The summed E-state index contributed by atoms with van der Waals surface area (Å²) in [7, 11) is 0. The third-order valence-corrected chi connectivity index (χ3v) is 4.43. The van der Waals surface area contributed by atoms with Gasteiger partial charge >= 0.3 is 0 Å². The molecule has 1 saturated carbocycles. The van der Waals surface area contributed by atoms with Crippen molar-refractivity contribution < 1.29 is 4.79 Å². The van der Waals surface area contributed by atoms with Gasteiger partial charge in [-0.1, -0.05) is 20.3 Å². The summed E-state index contributed by atoms with van der Waals surface area (Å²) in [6.45, 7) is 9.28. The Hall–Kier alpha value is -0.570. The molecule has 1 amide bonds. The number of rotatable bonds is 4. The van der Waals surface area contributed by atoms with Crippen molar-refractivity contribution in [1.29, 1.82) is 0 Å². The van der Waals surface area contributed by atoms with E-state index in [1.54, 1.807) is 0 Å². The Morgan fingerprint density at radius 2 is 2.06 bits per heavy atom. The van der Waals surface area contributed by atoms with Gasteiger partial charge in [-0.2, -0.15) is 0 Å². The average molecular weight is 240 g/mol. The van der Waals surface area contributed by atoms with Crippen LogP contribution in [0.25, 0.3) is 0 Å². The molecule has 100 valence electrons. The van der Waals surface area contributed by atoms with Crippen molar-refractivity contribution in [2.75, 3.05) is 6.54 Å². The van der Waals surface area contributed by atoms with E-state index in [1.165, 1.54) is 0 Å². The van der Waals surface area contributed by atoms with Gasteiger partial charge in [-0.05, 0) is 39.0 Å². The molecule has 17 heavy (non-hydrogen) atoms. The van der Waals surface area contributed by atoms with Gasteiger partial charge in [0.25, 0.3) is 0 Å². The summed E-state index contributed by atoms with van der Waals surface area (Å²) in [5, 5.41) is 0. The highest BCUT2D eigenvalue weighted by atomic mass is 16.2. The van der Waals surface area contributed by atoms with E-state index >= 15 is 0 Å². The lowest BCUT2D eigenvalue weighted by molar-refractivity contribution is -0.140. The van der Waals surface area contributed by atoms with E-state index in [4.69, 9.17) is 5.73 Å². The fraction of sp³-hybridized carbons (Fsp3) is 0.929. The predicted molar refractivity (Wildman–Crippen MR) is 71.6 cm³/mol. The Kier molecular flexibility index (Phi) is 5.44. The van der Waals surface area contributed by atoms with Gasteiger partial charge in [0.1, 0.15) is 0 Å². The van der Waals surface area contributed by atoms with Gasteiger partial charge in [-0.25, -0.2) is 0 Å². The highest BCUT2D eigenvalue weighted by Gasteiger charge is 2.35. The zero-order valence-corrected chi connectivity index (χ0v) is 11.8. The summed E-state index contributed by atoms with van der Waals surface area (Å²) in [6.07, 6.45) is 4.20. The number of nitrogens with two attached hydrogens (primary N) is 1. The van der Waals surface area contributed by atoms with Crippen LogP contribution in [0.4, 0.5) is 0 Å². The molecule has 0 aromatic rings. The van der Waals surface area contributed by atoms with E-state index in [1.807, 2.05) is 4.90 Å². The van der Waals surface area contributed by atoms with Gasteiger partial charge in [0.05, 0.1) is 0 Å². The van der Waals surface area contributed by atoms with Crippen molar-refractivity contribution in [2.24, 2.45) is 17.6 Å². The first-order chi connectivity index (χ1) is 8.02. The van der Waals surface area contributed by atoms with Crippen LogP contribution in [0.5, 0.6) is 0 Å². The number of carbonyl (C=O) groups excluding carboxylic acids is 1. The quantitative estimate of drug-likeness (QED) is 0.820. The zero-order chi connectivity index (χ0) is 13.0. The molecule has 3 nitrogen and oxygen atoms in total. The maximum Gasteiger partial charge on any atom is 0.226 e. The number of amides is 1.